The van der Waals surface area contributed by atoms with Crippen LogP contribution in [0.25, 0.3) is 0 Å². The molecule has 0 aromatic heterocycles. The van der Waals surface area contributed by atoms with Gasteiger partial charge in [0.2, 0.25) is 11.8 Å². The van der Waals surface area contributed by atoms with Crippen molar-refractivity contribution in [2.24, 2.45) is 5.92 Å². The number of rotatable bonds is 5. The molecule has 1 aromatic carbocycles. The molecule has 1 aromatic rings. The maximum absolute atomic E-state index is 12.5. The van der Waals surface area contributed by atoms with Crippen LogP contribution in [0.15, 0.2) is 24.3 Å². The Kier molecular flexibility index (Phi) is 8.58. The number of halogens is 1. The summed E-state index contributed by atoms with van der Waals surface area (Å²) in [6, 6.07) is 8.13. The lowest BCUT2D eigenvalue weighted by Crippen LogP contribution is -2.51. The van der Waals surface area contributed by atoms with Gasteiger partial charge in [-0.2, -0.15) is 0 Å². The van der Waals surface area contributed by atoms with Gasteiger partial charge in [-0.05, 0) is 50.8 Å². The maximum Gasteiger partial charge on any atom is 0.227 e. The van der Waals surface area contributed by atoms with Gasteiger partial charge in [-0.1, -0.05) is 29.8 Å². The van der Waals surface area contributed by atoms with Crippen molar-refractivity contribution < 1.29 is 9.59 Å². The Bertz CT molecular complexity index is 606. The van der Waals surface area contributed by atoms with Gasteiger partial charge in [0, 0.05) is 32.6 Å². The summed E-state index contributed by atoms with van der Waals surface area (Å²) in [6.45, 7) is 6.87. The summed E-state index contributed by atoms with van der Waals surface area (Å²) >= 11 is 0. The summed E-state index contributed by atoms with van der Waals surface area (Å²) in [7, 11) is 0. The summed E-state index contributed by atoms with van der Waals surface area (Å²) in [5, 5.41) is 3.37. The van der Waals surface area contributed by atoms with Crippen molar-refractivity contribution in [3.05, 3.63) is 35.4 Å². The van der Waals surface area contributed by atoms with Crippen LogP contribution in [0.1, 0.15) is 36.8 Å². The molecule has 2 heterocycles. The van der Waals surface area contributed by atoms with Crippen LogP contribution < -0.4 is 5.32 Å². The first-order chi connectivity index (χ1) is 12.6. The Morgan fingerprint density at radius 2 is 1.52 bits per heavy atom. The Hall–Kier alpha value is -1.59. The predicted octanol–water partition coefficient (Wildman–Crippen LogP) is 2.41. The van der Waals surface area contributed by atoms with Gasteiger partial charge in [0.15, 0.2) is 0 Å². The fourth-order valence-electron chi connectivity index (χ4n) is 3.85. The molecule has 2 aliphatic heterocycles. The van der Waals surface area contributed by atoms with E-state index < -0.39 is 0 Å². The van der Waals surface area contributed by atoms with Crippen LogP contribution in [0.4, 0.5) is 0 Å². The third-order valence-electron chi connectivity index (χ3n) is 5.69. The van der Waals surface area contributed by atoms with Crippen LogP contribution in [0.5, 0.6) is 0 Å². The highest BCUT2D eigenvalue weighted by molar-refractivity contribution is 5.85. The number of carbonyl (C=O) groups is 2. The second-order valence-electron chi connectivity index (χ2n) is 7.66. The van der Waals surface area contributed by atoms with Gasteiger partial charge >= 0.3 is 0 Å². The third kappa shape index (κ3) is 6.51. The van der Waals surface area contributed by atoms with E-state index in [0.29, 0.717) is 44.9 Å². The molecule has 2 aliphatic rings. The second-order valence-corrected chi connectivity index (χ2v) is 7.66. The van der Waals surface area contributed by atoms with Crippen LogP contribution in [-0.2, 0) is 16.0 Å². The van der Waals surface area contributed by atoms with Gasteiger partial charge in [-0.15, -0.1) is 12.4 Å². The highest BCUT2D eigenvalue weighted by Crippen LogP contribution is 2.19. The molecule has 3 rings (SSSR count). The second kappa shape index (κ2) is 10.7. The van der Waals surface area contributed by atoms with E-state index in [1.54, 1.807) is 0 Å². The van der Waals surface area contributed by atoms with Crippen molar-refractivity contribution >= 4 is 24.2 Å². The van der Waals surface area contributed by atoms with E-state index in [9.17, 15) is 9.59 Å². The molecule has 2 amide bonds. The minimum atomic E-state index is 0. The van der Waals surface area contributed by atoms with Gasteiger partial charge < -0.3 is 15.1 Å². The van der Waals surface area contributed by atoms with E-state index in [2.05, 4.69) is 5.32 Å². The molecule has 2 saturated heterocycles. The Labute approximate surface area is 168 Å². The standard InChI is InChI=1S/C21H31N3O2.ClH/c1-17-2-4-19(5-3-17)16-21(26)24-14-12-23(13-15-24)20(25)7-6-18-8-10-22-11-9-18;/h2-5,18,22H,6-16H2,1H3;1H. The normalized spacial score (nSPS) is 18.1. The van der Waals surface area contributed by atoms with Gasteiger partial charge in [0.25, 0.3) is 0 Å². The van der Waals surface area contributed by atoms with Gasteiger partial charge in [-0.3, -0.25) is 9.59 Å². The molecule has 6 heteroatoms. The first-order valence-corrected chi connectivity index (χ1v) is 9.93. The number of hydrogen-bond acceptors (Lipinski definition) is 3. The summed E-state index contributed by atoms with van der Waals surface area (Å²) in [6.07, 6.45) is 4.49. The number of piperidine rings is 1. The molecule has 2 fully saturated rings. The first-order valence-electron chi connectivity index (χ1n) is 9.93. The van der Waals surface area contributed by atoms with Crippen LogP contribution >= 0.6 is 12.4 Å². The number of piperazine rings is 1. The third-order valence-corrected chi connectivity index (χ3v) is 5.69. The van der Waals surface area contributed by atoms with E-state index in [-0.39, 0.29) is 24.2 Å². The van der Waals surface area contributed by atoms with Crippen molar-refractivity contribution in [2.45, 2.75) is 39.0 Å². The van der Waals surface area contributed by atoms with E-state index in [1.165, 1.54) is 18.4 Å². The SMILES string of the molecule is Cc1ccc(CC(=O)N2CCN(C(=O)CCC3CCNCC3)CC2)cc1.Cl. The summed E-state index contributed by atoms with van der Waals surface area (Å²) in [4.78, 5) is 28.8. The van der Waals surface area contributed by atoms with Gasteiger partial charge in [0.05, 0.1) is 6.42 Å². The molecule has 0 aliphatic carbocycles. The highest BCUT2D eigenvalue weighted by atomic mass is 35.5. The van der Waals surface area contributed by atoms with E-state index >= 15 is 0 Å². The zero-order chi connectivity index (χ0) is 18.4. The van der Waals surface area contributed by atoms with Crippen molar-refractivity contribution in [3.8, 4) is 0 Å². The van der Waals surface area contributed by atoms with Crippen LogP contribution in [-0.4, -0.2) is 60.9 Å². The Morgan fingerprint density at radius 1 is 0.963 bits per heavy atom. The predicted molar refractivity (Wildman–Crippen MR) is 110 cm³/mol. The lowest BCUT2D eigenvalue weighted by Gasteiger charge is -2.35. The largest absolute Gasteiger partial charge is 0.339 e. The molecule has 0 atom stereocenters. The number of amides is 2. The molecular weight excluding hydrogens is 362 g/mol. The molecule has 0 radical (unpaired) electrons. The van der Waals surface area contributed by atoms with Crippen molar-refractivity contribution in [3.63, 3.8) is 0 Å². The molecule has 0 bridgehead atoms. The minimum Gasteiger partial charge on any atom is -0.339 e. The molecule has 0 unspecified atom stereocenters. The molecule has 27 heavy (non-hydrogen) atoms. The number of benzene rings is 1. The number of nitrogens with one attached hydrogen (secondary N) is 1. The monoisotopic (exact) mass is 393 g/mol. The summed E-state index contributed by atoms with van der Waals surface area (Å²) < 4.78 is 0. The molecule has 0 spiro atoms. The quantitative estimate of drug-likeness (QED) is 0.835. The lowest BCUT2D eigenvalue weighted by atomic mass is 9.93. The van der Waals surface area contributed by atoms with Crippen LogP contribution in [0.2, 0.25) is 0 Å². The molecular formula is C21H32ClN3O2. The van der Waals surface area contributed by atoms with Gasteiger partial charge in [-0.25, -0.2) is 0 Å². The van der Waals surface area contributed by atoms with Crippen molar-refractivity contribution in [2.75, 3.05) is 39.3 Å². The van der Waals surface area contributed by atoms with Crippen molar-refractivity contribution in [1.82, 2.24) is 15.1 Å². The fourth-order valence-corrected chi connectivity index (χ4v) is 3.85. The van der Waals surface area contributed by atoms with Crippen LogP contribution in [0, 0.1) is 12.8 Å². The number of aryl methyl sites for hydroxylation is 1. The van der Waals surface area contributed by atoms with E-state index in [1.807, 2.05) is 41.0 Å². The molecule has 5 nitrogen and oxygen atoms in total. The lowest BCUT2D eigenvalue weighted by molar-refractivity contribution is -0.139. The topological polar surface area (TPSA) is 52.7 Å². The van der Waals surface area contributed by atoms with Gasteiger partial charge in [0.1, 0.15) is 0 Å². The molecule has 0 saturated carbocycles. The zero-order valence-electron chi connectivity index (χ0n) is 16.3. The molecule has 150 valence electrons. The number of carbonyl (C=O) groups excluding carboxylic acids is 2. The van der Waals surface area contributed by atoms with Crippen LogP contribution in [0.3, 0.4) is 0 Å². The smallest absolute Gasteiger partial charge is 0.227 e. The minimum absolute atomic E-state index is 0. The average Bonchev–Trinajstić information content (AvgIpc) is 2.69. The summed E-state index contributed by atoms with van der Waals surface area (Å²) in [5.74, 6) is 1.11. The first kappa shape index (κ1) is 21.7. The van der Waals surface area contributed by atoms with Crippen molar-refractivity contribution in [1.29, 1.82) is 0 Å². The summed E-state index contributed by atoms with van der Waals surface area (Å²) in [5.41, 5.74) is 2.26. The number of hydrogen-bond donors (Lipinski definition) is 1. The maximum atomic E-state index is 12.5. The number of nitrogens with zero attached hydrogens (tertiary/aromatic N) is 2. The molecule has 1 N–H and O–H groups in total. The fraction of sp³-hybridized carbons (Fsp3) is 0.619. The Balaban J connectivity index is 0.00000261. The highest BCUT2D eigenvalue weighted by Gasteiger charge is 2.24. The zero-order valence-corrected chi connectivity index (χ0v) is 17.1. The average molecular weight is 394 g/mol. The van der Waals surface area contributed by atoms with E-state index in [0.717, 1.165) is 25.1 Å². The Morgan fingerprint density at radius 3 is 2.11 bits per heavy atom. The van der Waals surface area contributed by atoms with E-state index in [4.69, 9.17) is 0 Å².